The van der Waals surface area contributed by atoms with Crippen LogP contribution in [0, 0.1) is 0 Å². The number of carbonyl (C=O) groups is 2. The SMILES string of the molecule is CCOc1ccc(/C(O)=C2\C(=O)C(=O)N(Cc3ccc4c(c3)OCO4)C2c2ccc(C(C)(C)C)cc2)cc1C(C)C. The van der Waals surface area contributed by atoms with Gasteiger partial charge in [0.15, 0.2) is 11.5 Å². The first-order valence-electron chi connectivity index (χ1n) is 14.0. The van der Waals surface area contributed by atoms with E-state index in [1.54, 1.807) is 12.1 Å². The van der Waals surface area contributed by atoms with E-state index in [9.17, 15) is 14.7 Å². The molecule has 0 bridgehead atoms. The van der Waals surface area contributed by atoms with Crippen LogP contribution in [0.4, 0.5) is 0 Å². The van der Waals surface area contributed by atoms with Gasteiger partial charge in [0.1, 0.15) is 11.5 Å². The third kappa shape index (κ3) is 5.41. The molecule has 1 saturated heterocycles. The molecule has 0 saturated carbocycles. The van der Waals surface area contributed by atoms with Crippen molar-refractivity contribution in [2.24, 2.45) is 0 Å². The van der Waals surface area contributed by atoms with Crippen molar-refractivity contribution in [1.82, 2.24) is 4.90 Å². The topological polar surface area (TPSA) is 85.3 Å². The first kappa shape index (κ1) is 28.3. The van der Waals surface area contributed by atoms with Gasteiger partial charge in [0, 0.05) is 12.1 Å². The molecule has 7 heteroatoms. The van der Waals surface area contributed by atoms with Crippen LogP contribution >= 0.6 is 0 Å². The average molecular weight is 556 g/mol. The van der Waals surface area contributed by atoms with Crippen LogP contribution < -0.4 is 14.2 Å². The van der Waals surface area contributed by atoms with Crippen LogP contribution in [0.25, 0.3) is 5.76 Å². The van der Waals surface area contributed by atoms with E-state index >= 15 is 0 Å². The highest BCUT2D eigenvalue weighted by molar-refractivity contribution is 6.46. The standard InChI is InChI=1S/C34H37NO6/c1-7-39-26-15-11-23(17-25(26)20(2)3)31(36)29-30(22-9-12-24(13-10-22)34(4,5)6)35(33(38)32(29)37)18-21-8-14-27-28(16-21)41-19-40-27/h8-17,20,30,36H,7,18-19H2,1-6H3/b31-29+. The highest BCUT2D eigenvalue weighted by Crippen LogP contribution is 2.42. The molecular weight excluding hydrogens is 518 g/mol. The Labute approximate surface area is 241 Å². The molecule has 7 nitrogen and oxygen atoms in total. The van der Waals surface area contributed by atoms with E-state index in [0.717, 1.165) is 28.0 Å². The van der Waals surface area contributed by atoms with Crippen LogP contribution in [-0.4, -0.2) is 35.1 Å². The number of carbonyl (C=O) groups excluding carboxylic acids is 2. The minimum atomic E-state index is -0.775. The van der Waals surface area contributed by atoms with Gasteiger partial charge in [-0.05, 0) is 70.8 Å². The Morgan fingerprint density at radius 1 is 1.00 bits per heavy atom. The van der Waals surface area contributed by atoms with E-state index in [4.69, 9.17) is 14.2 Å². The second kappa shape index (κ2) is 11.0. The van der Waals surface area contributed by atoms with Crippen molar-refractivity contribution in [3.8, 4) is 17.2 Å². The molecule has 214 valence electrons. The number of hydrogen-bond donors (Lipinski definition) is 1. The fourth-order valence-electron chi connectivity index (χ4n) is 5.38. The second-order valence-corrected chi connectivity index (χ2v) is 11.8. The fraction of sp³-hybridized carbons (Fsp3) is 0.353. The van der Waals surface area contributed by atoms with E-state index < -0.39 is 17.7 Å². The molecule has 0 radical (unpaired) electrons. The maximum atomic E-state index is 13.6. The maximum Gasteiger partial charge on any atom is 0.295 e. The van der Waals surface area contributed by atoms with Crippen molar-refractivity contribution in [3.05, 3.63) is 94.1 Å². The summed E-state index contributed by atoms with van der Waals surface area (Å²) in [6, 6.07) is 18.0. The lowest BCUT2D eigenvalue weighted by molar-refractivity contribution is -0.140. The summed E-state index contributed by atoms with van der Waals surface area (Å²) in [5, 5.41) is 11.7. The van der Waals surface area contributed by atoms with Gasteiger partial charge in [-0.25, -0.2) is 0 Å². The summed E-state index contributed by atoms with van der Waals surface area (Å²) in [5.41, 5.74) is 4.04. The van der Waals surface area contributed by atoms with Crippen LogP contribution in [0.2, 0.25) is 0 Å². The van der Waals surface area contributed by atoms with Gasteiger partial charge >= 0.3 is 0 Å². The van der Waals surface area contributed by atoms with Gasteiger partial charge in [0.25, 0.3) is 11.7 Å². The molecule has 0 aromatic heterocycles. The van der Waals surface area contributed by atoms with E-state index in [-0.39, 0.29) is 36.0 Å². The number of ether oxygens (including phenoxy) is 3. The van der Waals surface area contributed by atoms with Gasteiger partial charge in [-0.3, -0.25) is 9.59 Å². The lowest BCUT2D eigenvalue weighted by atomic mass is 9.85. The first-order valence-corrected chi connectivity index (χ1v) is 14.0. The lowest BCUT2D eigenvalue weighted by Crippen LogP contribution is -2.29. The number of benzene rings is 3. The van der Waals surface area contributed by atoms with Gasteiger partial charge in [-0.2, -0.15) is 0 Å². The molecular formula is C34H37NO6. The van der Waals surface area contributed by atoms with Gasteiger partial charge < -0.3 is 24.2 Å². The third-order valence-corrected chi connectivity index (χ3v) is 7.63. The Kier molecular flexibility index (Phi) is 7.56. The zero-order valence-corrected chi connectivity index (χ0v) is 24.5. The Morgan fingerprint density at radius 3 is 2.37 bits per heavy atom. The van der Waals surface area contributed by atoms with Crippen LogP contribution in [0.1, 0.15) is 81.3 Å². The summed E-state index contributed by atoms with van der Waals surface area (Å²) >= 11 is 0. The number of ketones is 1. The molecule has 41 heavy (non-hydrogen) atoms. The monoisotopic (exact) mass is 555 g/mol. The Balaban J connectivity index is 1.63. The molecule has 1 fully saturated rings. The highest BCUT2D eigenvalue weighted by Gasteiger charge is 2.46. The number of amides is 1. The van der Waals surface area contributed by atoms with Crippen LogP contribution in [0.3, 0.4) is 0 Å². The number of rotatable bonds is 7. The summed E-state index contributed by atoms with van der Waals surface area (Å²) in [6.45, 7) is 13.2. The third-order valence-electron chi connectivity index (χ3n) is 7.63. The number of Topliss-reactive ketones (excluding diaryl/α,β-unsaturated/α-hetero) is 1. The molecule has 0 spiro atoms. The number of nitrogens with zero attached hydrogens (tertiary/aromatic N) is 1. The van der Waals surface area contributed by atoms with Gasteiger partial charge in [0.05, 0.1) is 18.2 Å². The molecule has 2 aliphatic heterocycles. The largest absolute Gasteiger partial charge is 0.507 e. The second-order valence-electron chi connectivity index (χ2n) is 11.8. The van der Waals surface area contributed by atoms with E-state index in [2.05, 4.69) is 20.8 Å². The number of fused-ring (bicyclic) bond motifs is 1. The Hall–Kier alpha value is -4.26. The number of hydrogen-bond acceptors (Lipinski definition) is 6. The molecule has 1 unspecified atom stereocenters. The van der Waals surface area contributed by atoms with E-state index in [1.165, 1.54) is 4.90 Å². The zero-order valence-electron chi connectivity index (χ0n) is 24.5. The molecule has 5 rings (SSSR count). The molecule has 1 N–H and O–H groups in total. The number of aliphatic hydroxyl groups excluding tert-OH is 1. The number of aliphatic hydroxyl groups is 1. The summed E-state index contributed by atoms with van der Waals surface area (Å²) in [5.74, 6) is 0.515. The molecule has 3 aromatic carbocycles. The normalized spacial score (nSPS) is 17.9. The van der Waals surface area contributed by atoms with Crippen molar-refractivity contribution in [2.75, 3.05) is 13.4 Å². The summed E-state index contributed by atoms with van der Waals surface area (Å²) < 4.78 is 16.8. The fourth-order valence-corrected chi connectivity index (χ4v) is 5.38. The van der Waals surface area contributed by atoms with Gasteiger partial charge in [-0.15, -0.1) is 0 Å². The minimum Gasteiger partial charge on any atom is -0.507 e. The minimum absolute atomic E-state index is 0.0671. The van der Waals surface area contributed by atoms with Crippen molar-refractivity contribution >= 4 is 17.4 Å². The molecule has 0 aliphatic carbocycles. The Morgan fingerprint density at radius 2 is 1.71 bits per heavy atom. The van der Waals surface area contributed by atoms with Crippen LogP contribution in [0.15, 0.2) is 66.2 Å². The summed E-state index contributed by atoms with van der Waals surface area (Å²) in [7, 11) is 0. The molecule has 3 aromatic rings. The van der Waals surface area contributed by atoms with Crippen molar-refractivity contribution in [2.45, 2.75) is 65.5 Å². The number of likely N-dealkylation sites (tertiary alicyclic amines) is 1. The van der Waals surface area contributed by atoms with E-state index in [0.29, 0.717) is 23.7 Å². The molecule has 1 atom stereocenters. The van der Waals surface area contributed by atoms with Gasteiger partial charge in [-0.1, -0.05) is 65.0 Å². The quantitative estimate of drug-likeness (QED) is 0.195. The molecule has 2 heterocycles. The van der Waals surface area contributed by atoms with Crippen molar-refractivity contribution in [3.63, 3.8) is 0 Å². The predicted molar refractivity (Wildman–Crippen MR) is 157 cm³/mol. The van der Waals surface area contributed by atoms with E-state index in [1.807, 2.05) is 69.3 Å². The molecule has 1 amide bonds. The molecule has 2 aliphatic rings. The Bertz CT molecular complexity index is 1510. The van der Waals surface area contributed by atoms with Crippen molar-refractivity contribution in [1.29, 1.82) is 0 Å². The van der Waals surface area contributed by atoms with Crippen molar-refractivity contribution < 1.29 is 28.9 Å². The highest BCUT2D eigenvalue weighted by atomic mass is 16.7. The summed E-state index contributed by atoms with van der Waals surface area (Å²) in [6.07, 6.45) is 0. The zero-order chi connectivity index (χ0) is 29.5. The smallest absolute Gasteiger partial charge is 0.295 e. The first-order chi connectivity index (χ1) is 19.5. The van der Waals surface area contributed by atoms with Crippen LogP contribution in [-0.2, 0) is 21.5 Å². The summed E-state index contributed by atoms with van der Waals surface area (Å²) in [4.78, 5) is 28.7. The lowest BCUT2D eigenvalue weighted by Gasteiger charge is -2.27. The maximum absolute atomic E-state index is 13.6. The van der Waals surface area contributed by atoms with Gasteiger partial charge in [0.2, 0.25) is 6.79 Å². The average Bonchev–Trinajstić information content (AvgIpc) is 3.50. The predicted octanol–water partition coefficient (Wildman–Crippen LogP) is 6.86. The van der Waals surface area contributed by atoms with Crippen LogP contribution in [0.5, 0.6) is 17.2 Å².